The van der Waals surface area contributed by atoms with Gasteiger partial charge in [-0.25, -0.2) is 19.6 Å². The molecule has 9 rings (SSSR count). The second kappa shape index (κ2) is 30.4. The number of ketones is 1. The van der Waals surface area contributed by atoms with Gasteiger partial charge in [0.15, 0.2) is 5.78 Å². The monoisotopic (exact) mass is 1200 g/mol. The molecule has 6 heterocycles. The first-order valence-corrected chi connectivity index (χ1v) is 27.0. The van der Waals surface area contributed by atoms with Crippen molar-refractivity contribution in [2.45, 2.75) is 63.5 Å². The maximum atomic E-state index is 12.4. The smallest absolute Gasteiger partial charge is 0.464 e. The zero-order chi connectivity index (χ0) is 58.6. The third kappa shape index (κ3) is 19.8. The molecule has 0 amide bonds. The predicted molar refractivity (Wildman–Crippen MR) is 320 cm³/mol. The van der Waals surface area contributed by atoms with Gasteiger partial charge < -0.3 is 33.7 Å². The number of nitrogens with two attached hydrogens (primary N) is 1. The highest BCUT2D eigenvalue weighted by molar-refractivity contribution is 9.08. The van der Waals surface area contributed by atoms with Crippen molar-refractivity contribution < 1.29 is 33.2 Å². The molecule has 0 unspecified atom stereocenters. The van der Waals surface area contributed by atoms with Crippen molar-refractivity contribution in [3.63, 3.8) is 0 Å². The van der Waals surface area contributed by atoms with Crippen LogP contribution in [-0.2, 0) is 57.5 Å². The number of carbonyl (C=O) groups is 3. The molecule has 3 aromatic carbocycles. The van der Waals surface area contributed by atoms with Crippen LogP contribution in [0.25, 0.3) is 0 Å². The highest BCUT2D eigenvalue weighted by atomic mass is 79.9. The van der Waals surface area contributed by atoms with Crippen LogP contribution in [0.3, 0.4) is 0 Å². The van der Waals surface area contributed by atoms with Crippen molar-refractivity contribution >= 4 is 86.7 Å². The van der Waals surface area contributed by atoms with Gasteiger partial charge in [-0.2, -0.15) is 0 Å². The molecule has 15 nitrogen and oxygen atoms in total. The maximum Gasteiger partial charge on any atom is 0.496 e. The van der Waals surface area contributed by atoms with Crippen molar-refractivity contribution in [3.05, 3.63) is 251 Å². The van der Waals surface area contributed by atoms with Crippen LogP contribution in [-0.4, -0.2) is 74.3 Å². The summed E-state index contributed by atoms with van der Waals surface area (Å²) in [7, 11) is 5.53. The van der Waals surface area contributed by atoms with E-state index in [0.29, 0.717) is 33.5 Å². The average Bonchev–Trinajstić information content (AvgIpc) is 3.82. The van der Waals surface area contributed by atoms with Gasteiger partial charge in [-0.3, -0.25) is 19.4 Å². The number of halogens is 4. The maximum absolute atomic E-state index is 12.4. The Morgan fingerprint density at radius 3 is 1.38 bits per heavy atom. The normalized spacial score (nSPS) is 12.6. The Bertz CT molecular complexity index is 3460. The van der Waals surface area contributed by atoms with E-state index in [1.54, 1.807) is 81.5 Å². The number of nitrogens with zero attached hydrogens (tertiary/aromatic N) is 5. The molecular weight excluding hydrogens is 1150 g/mol. The molecule has 0 aliphatic carbocycles. The highest BCUT2D eigenvalue weighted by Crippen LogP contribution is 2.36. The summed E-state index contributed by atoms with van der Waals surface area (Å²) in [5, 5.41) is 3.08. The molecule has 8 aromatic rings. The lowest BCUT2D eigenvalue weighted by atomic mass is 9.80. The van der Waals surface area contributed by atoms with E-state index in [4.69, 9.17) is 49.8 Å². The first kappa shape index (κ1) is 63.6. The van der Waals surface area contributed by atoms with E-state index < -0.39 is 30.3 Å². The standard InChI is InChI=1S/C20H17ClN2O2.C14H12ClNO2.C13H18BNO4.C7H6BrCl.C6H8N2O/c1-23-13-16(6-8-20(23)25)11-19(24)18-7-5-15(12-22-18)9-14-3-2-4-17(21)10-14;1-18-14(17)13-6-5-11(9-16-13)7-10-3-2-4-12(15)8-10;1-12(2)13(3,4)19-14(18-12)9-6-7-10(15-8-9)11(16)17-5;8-5-6-2-1-3-7(9)4-6;1-8-4-5(7)2-3-6(8)9/h2-8,10,12-13H,9,11H2,1H3;2-6,8-9H,7H2,1H3;6-8H,1-5H3;1-4H,5H2;2-4H,7H2,1H3. The number of pyridine rings is 5. The third-order valence-corrected chi connectivity index (χ3v) is 13.6. The molecule has 0 radical (unpaired) electrons. The quantitative estimate of drug-likeness (QED) is 0.0556. The van der Waals surface area contributed by atoms with E-state index >= 15 is 0 Å². The molecule has 20 heteroatoms. The molecule has 1 saturated heterocycles. The minimum absolute atomic E-state index is 0.0378. The van der Waals surface area contributed by atoms with Crippen molar-refractivity contribution in [3.8, 4) is 0 Å². The number of hydrogen-bond acceptors (Lipinski definition) is 13. The topological polar surface area (TPSA) is 197 Å². The SMILES string of the molecule is COC(=O)c1ccc(B2OC(C)(C)C(C)(C)O2)cn1.COC(=O)c1ccc(Cc2cccc(Cl)c2)cn1.Clc1cccc(CBr)c1.Cn1cc(CC(=O)c2ccc(Cc3cccc(Cl)c3)cn2)ccc1=O.Cn1cc(N)ccc1=O. The van der Waals surface area contributed by atoms with Gasteiger partial charge in [-0.05, 0) is 135 Å². The summed E-state index contributed by atoms with van der Waals surface area (Å²) in [6.45, 7) is 7.96. The molecule has 0 atom stereocenters. The number of methoxy groups -OCH3 is 2. The van der Waals surface area contributed by atoms with Crippen LogP contribution in [0.15, 0.2) is 174 Å². The lowest BCUT2D eigenvalue weighted by molar-refractivity contribution is 0.00578. The molecule has 5 aromatic heterocycles. The fraction of sp³-hybridized carbons (Fsp3) is 0.233. The number of esters is 2. The van der Waals surface area contributed by atoms with Crippen LogP contribution in [0.5, 0.6) is 0 Å². The van der Waals surface area contributed by atoms with Crippen molar-refractivity contribution in [1.82, 2.24) is 24.1 Å². The van der Waals surface area contributed by atoms with Crippen molar-refractivity contribution in [1.29, 1.82) is 0 Å². The number of aryl methyl sites for hydroxylation is 2. The van der Waals surface area contributed by atoms with E-state index in [1.807, 2.05) is 113 Å². The molecular formula is C60H61BBrCl3N6O9. The first-order valence-electron chi connectivity index (χ1n) is 24.8. The van der Waals surface area contributed by atoms with Gasteiger partial charge in [0.05, 0.1) is 25.4 Å². The molecule has 1 aliphatic heterocycles. The first-order chi connectivity index (χ1) is 38.0. The summed E-state index contributed by atoms with van der Waals surface area (Å²) >= 11 is 20.9. The van der Waals surface area contributed by atoms with Crippen molar-refractivity contribution in [2.75, 3.05) is 20.0 Å². The number of carbonyl (C=O) groups excluding carboxylic acids is 3. The predicted octanol–water partition coefficient (Wildman–Crippen LogP) is 10.9. The summed E-state index contributed by atoms with van der Waals surface area (Å²) in [5.41, 5.74) is 13.1. The minimum atomic E-state index is -0.468. The van der Waals surface area contributed by atoms with Crippen LogP contribution in [0.4, 0.5) is 5.69 Å². The van der Waals surface area contributed by atoms with Gasteiger partial charge in [0.25, 0.3) is 0 Å². The zero-order valence-corrected chi connectivity index (χ0v) is 49.3. The van der Waals surface area contributed by atoms with E-state index in [0.717, 1.165) is 50.1 Å². The second-order valence-electron chi connectivity index (χ2n) is 19.0. The molecule has 0 saturated carbocycles. The van der Waals surface area contributed by atoms with Crippen LogP contribution in [0, 0.1) is 0 Å². The van der Waals surface area contributed by atoms with Crippen LogP contribution < -0.4 is 22.3 Å². The number of hydrogen-bond donors (Lipinski definition) is 1. The summed E-state index contributed by atoms with van der Waals surface area (Å²) in [6, 6.07) is 39.8. The average molecular weight is 1210 g/mol. The lowest BCUT2D eigenvalue weighted by Crippen LogP contribution is -2.41. The third-order valence-electron chi connectivity index (χ3n) is 12.3. The Morgan fingerprint density at radius 2 is 0.988 bits per heavy atom. The Balaban J connectivity index is 0.000000193. The van der Waals surface area contributed by atoms with Gasteiger partial charge >= 0.3 is 19.1 Å². The van der Waals surface area contributed by atoms with E-state index in [9.17, 15) is 24.0 Å². The fourth-order valence-corrected chi connectivity index (χ4v) is 8.22. The number of alkyl halides is 1. The summed E-state index contributed by atoms with van der Waals surface area (Å²) in [4.78, 5) is 69.4. The molecule has 416 valence electrons. The summed E-state index contributed by atoms with van der Waals surface area (Å²) in [6.07, 6.45) is 9.89. The lowest BCUT2D eigenvalue weighted by Gasteiger charge is -2.32. The number of aromatic nitrogens is 5. The number of rotatable bonds is 11. The minimum Gasteiger partial charge on any atom is -0.464 e. The Labute approximate surface area is 489 Å². The molecule has 0 spiro atoms. The van der Waals surface area contributed by atoms with Crippen molar-refractivity contribution in [2.24, 2.45) is 14.1 Å². The van der Waals surface area contributed by atoms with Crippen LogP contribution in [0.1, 0.15) is 92.5 Å². The molecule has 2 N–H and O–H groups in total. The summed E-state index contributed by atoms with van der Waals surface area (Å²) in [5.74, 6) is -0.960. The highest BCUT2D eigenvalue weighted by Gasteiger charge is 2.51. The largest absolute Gasteiger partial charge is 0.496 e. The number of nitrogen functional groups attached to an aromatic ring is 1. The Hall–Kier alpha value is -7.25. The fourth-order valence-electron chi connectivity index (χ4n) is 7.23. The zero-order valence-electron chi connectivity index (χ0n) is 45.5. The molecule has 0 bridgehead atoms. The second-order valence-corrected chi connectivity index (χ2v) is 20.9. The Morgan fingerprint density at radius 1 is 0.562 bits per heavy atom. The van der Waals surface area contributed by atoms with Crippen LogP contribution >= 0.6 is 50.7 Å². The number of Topliss-reactive ketones (excluding diaryl/α,β-unsaturated/α-hetero) is 1. The molecule has 1 fully saturated rings. The van der Waals surface area contributed by atoms with Gasteiger partial charge in [0, 0.05) is 95.2 Å². The molecule has 80 heavy (non-hydrogen) atoms. The van der Waals surface area contributed by atoms with Gasteiger partial charge in [0.2, 0.25) is 11.1 Å². The number of anilines is 1. The summed E-state index contributed by atoms with van der Waals surface area (Å²) < 4.78 is 23.9. The number of benzene rings is 3. The Kier molecular flexibility index (Phi) is 24.1. The van der Waals surface area contributed by atoms with Gasteiger partial charge in [-0.1, -0.05) is 111 Å². The van der Waals surface area contributed by atoms with Crippen LogP contribution in [0.2, 0.25) is 15.1 Å². The van der Waals surface area contributed by atoms with E-state index in [1.165, 1.54) is 41.0 Å². The van der Waals surface area contributed by atoms with Gasteiger partial charge in [-0.15, -0.1) is 0 Å². The van der Waals surface area contributed by atoms with E-state index in [2.05, 4.69) is 40.4 Å². The van der Waals surface area contributed by atoms with E-state index in [-0.39, 0.29) is 29.0 Å². The molecule has 1 aliphatic rings. The number of ether oxygens (including phenoxy) is 2. The van der Waals surface area contributed by atoms with Gasteiger partial charge in [0.1, 0.15) is 17.1 Å².